The molecule has 0 radical (unpaired) electrons. The van der Waals surface area contributed by atoms with Crippen LogP contribution >= 0.6 is 11.6 Å². The van der Waals surface area contributed by atoms with Crippen molar-refractivity contribution in [3.63, 3.8) is 0 Å². The van der Waals surface area contributed by atoms with Gasteiger partial charge in [0.1, 0.15) is 18.4 Å². The molecular weight excluding hydrogens is 340 g/mol. The van der Waals surface area contributed by atoms with Crippen LogP contribution in [0.2, 0.25) is 5.02 Å². The van der Waals surface area contributed by atoms with E-state index in [2.05, 4.69) is 20.4 Å². The van der Waals surface area contributed by atoms with Crippen LogP contribution in [0.3, 0.4) is 0 Å². The Bertz CT molecular complexity index is 861. The summed E-state index contributed by atoms with van der Waals surface area (Å²) >= 11 is 6.09. The van der Waals surface area contributed by atoms with Crippen LogP contribution in [-0.4, -0.2) is 27.8 Å². The number of hydrogen-bond acceptors (Lipinski definition) is 4. The Kier molecular flexibility index (Phi) is 5.15. The van der Waals surface area contributed by atoms with Crippen molar-refractivity contribution in [2.45, 2.75) is 6.54 Å². The maximum Gasteiger partial charge on any atom is 0.193 e. The highest BCUT2D eigenvalue weighted by atomic mass is 35.5. The second-order valence-electron chi connectivity index (χ2n) is 5.18. The van der Waals surface area contributed by atoms with Gasteiger partial charge in [0.25, 0.3) is 0 Å². The van der Waals surface area contributed by atoms with Gasteiger partial charge in [0.2, 0.25) is 0 Å². The quantitative estimate of drug-likeness (QED) is 0.542. The van der Waals surface area contributed by atoms with Gasteiger partial charge in [0, 0.05) is 5.69 Å². The normalized spacial score (nSPS) is 11.4. The SMILES string of the molecule is COc1ccc(NC(N)=NCc2ccc(-n3cncn3)cc2)cc1Cl. The second kappa shape index (κ2) is 7.67. The van der Waals surface area contributed by atoms with Gasteiger partial charge in [-0.1, -0.05) is 23.7 Å². The maximum atomic E-state index is 6.09. The topological polar surface area (TPSA) is 90.3 Å². The zero-order valence-electron chi connectivity index (χ0n) is 13.6. The van der Waals surface area contributed by atoms with E-state index in [1.165, 1.54) is 6.33 Å². The maximum absolute atomic E-state index is 6.09. The Balaban J connectivity index is 1.62. The number of guanidine groups is 1. The average Bonchev–Trinajstić information content (AvgIpc) is 3.15. The third-order valence-corrected chi connectivity index (χ3v) is 3.77. The molecule has 0 spiro atoms. The minimum atomic E-state index is 0.307. The van der Waals surface area contributed by atoms with Crippen molar-refractivity contribution in [2.75, 3.05) is 12.4 Å². The van der Waals surface area contributed by atoms with Crippen LogP contribution < -0.4 is 15.8 Å². The first-order valence-electron chi connectivity index (χ1n) is 7.50. The average molecular weight is 357 g/mol. The van der Waals surface area contributed by atoms with Crippen molar-refractivity contribution in [3.8, 4) is 11.4 Å². The highest BCUT2D eigenvalue weighted by Gasteiger charge is 2.03. The first-order valence-corrected chi connectivity index (χ1v) is 7.88. The number of aliphatic imine (C=N–C) groups is 1. The smallest absolute Gasteiger partial charge is 0.193 e. The number of hydrogen-bond donors (Lipinski definition) is 2. The minimum absolute atomic E-state index is 0.307. The number of aromatic nitrogens is 3. The molecule has 25 heavy (non-hydrogen) atoms. The van der Waals surface area contributed by atoms with Gasteiger partial charge in [-0.15, -0.1) is 0 Å². The fourth-order valence-electron chi connectivity index (χ4n) is 2.20. The Labute approximate surface area is 150 Å². The summed E-state index contributed by atoms with van der Waals surface area (Å²) < 4.78 is 6.81. The molecule has 0 aliphatic heterocycles. The van der Waals surface area contributed by atoms with E-state index in [4.69, 9.17) is 22.1 Å². The number of nitrogens with two attached hydrogens (primary N) is 1. The number of benzene rings is 2. The summed E-state index contributed by atoms with van der Waals surface area (Å²) in [5.41, 5.74) is 8.63. The lowest BCUT2D eigenvalue weighted by Crippen LogP contribution is -2.22. The molecule has 0 saturated carbocycles. The zero-order valence-corrected chi connectivity index (χ0v) is 14.3. The number of nitrogens with zero attached hydrogens (tertiary/aromatic N) is 4. The predicted octanol–water partition coefficient (Wildman–Crippen LogP) is 2.86. The summed E-state index contributed by atoms with van der Waals surface area (Å²) in [6, 6.07) is 13.2. The van der Waals surface area contributed by atoms with Gasteiger partial charge in [-0.05, 0) is 35.9 Å². The molecule has 3 rings (SSSR count). The van der Waals surface area contributed by atoms with Crippen LogP contribution in [0.1, 0.15) is 5.56 Å². The zero-order chi connectivity index (χ0) is 17.6. The van der Waals surface area contributed by atoms with E-state index in [0.29, 0.717) is 23.3 Å². The molecule has 128 valence electrons. The number of anilines is 1. The van der Waals surface area contributed by atoms with E-state index < -0.39 is 0 Å². The molecule has 2 aromatic carbocycles. The van der Waals surface area contributed by atoms with E-state index in [1.54, 1.807) is 30.3 Å². The lowest BCUT2D eigenvalue weighted by molar-refractivity contribution is 0.415. The van der Waals surface area contributed by atoms with E-state index in [9.17, 15) is 0 Å². The summed E-state index contributed by atoms with van der Waals surface area (Å²) in [6.07, 6.45) is 3.14. The molecule has 7 nitrogen and oxygen atoms in total. The summed E-state index contributed by atoms with van der Waals surface area (Å²) in [4.78, 5) is 8.25. The van der Waals surface area contributed by atoms with Crippen LogP contribution in [0, 0.1) is 0 Å². The van der Waals surface area contributed by atoms with Crippen molar-refractivity contribution in [2.24, 2.45) is 10.7 Å². The largest absolute Gasteiger partial charge is 0.495 e. The molecule has 0 atom stereocenters. The standard InChI is InChI=1S/C17H17ClN6O/c1-25-16-7-4-13(8-15(16)18)23-17(19)21-9-12-2-5-14(6-3-12)24-11-20-10-22-24/h2-8,10-11H,9H2,1H3,(H3,19,21,23). The van der Waals surface area contributed by atoms with Gasteiger partial charge in [0.15, 0.2) is 5.96 Å². The van der Waals surface area contributed by atoms with Crippen molar-refractivity contribution < 1.29 is 4.74 Å². The molecule has 8 heteroatoms. The number of methoxy groups -OCH3 is 1. The summed E-state index contributed by atoms with van der Waals surface area (Å²) in [5, 5.41) is 7.59. The van der Waals surface area contributed by atoms with E-state index in [-0.39, 0.29) is 0 Å². The van der Waals surface area contributed by atoms with Crippen LogP contribution in [0.5, 0.6) is 5.75 Å². The Morgan fingerprint density at radius 3 is 2.72 bits per heavy atom. The molecule has 0 unspecified atom stereocenters. The molecule has 1 aromatic heterocycles. The van der Waals surface area contributed by atoms with Gasteiger partial charge >= 0.3 is 0 Å². The Morgan fingerprint density at radius 1 is 1.28 bits per heavy atom. The van der Waals surface area contributed by atoms with Gasteiger partial charge in [-0.3, -0.25) is 0 Å². The van der Waals surface area contributed by atoms with Crippen LogP contribution in [0.25, 0.3) is 5.69 Å². The summed E-state index contributed by atoms with van der Waals surface area (Å²) in [6.45, 7) is 0.459. The van der Waals surface area contributed by atoms with Gasteiger partial charge in [-0.2, -0.15) is 5.10 Å². The van der Waals surface area contributed by atoms with Crippen molar-refractivity contribution in [1.82, 2.24) is 14.8 Å². The molecule has 0 saturated heterocycles. The second-order valence-corrected chi connectivity index (χ2v) is 5.59. The highest BCUT2D eigenvalue weighted by molar-refractivity contribution is 6.32. The molecule has 0 bridgehead atoms. The molecule has 0 aliphatic rings. The number of rotatable bonds is 5. The highest BCUT2D eigenvalue weighted by Crippen LogP contribution is 2.27. The first-order chi connectivity index (χ1) is 12.2. The molecule has 3 aromatic rings. The Hall–Kier alpha value is -3.06. The van der Waals surface area contributed by atoms with Crippen molar-refractivity contribution >= 4 is 23.2 Å². The number of halogens is 1. The van der Waals surface area contributed by atoms with Crippen molar-refractivity contribution in [1.29, 1.82) is 0 Å². The molecule has 0 amide bonds. The lowest BCUT2D eigenvalue weighted by atomic mass is 10.2. The monoisotopic (exact) mass is 356 g/mol. The van der Waals surface area contributed by atoms with E-state index >= 15 is 0 Å². The van der Waals surface area contributed by atoms with Gasteiger partial charge in [-0.25, -0.2) is 14.7 Å². The van der Waals surface area contributed by atoms with Gasteiger partial charge < -0.3 is 15.8 Å². The van der Waals surface area contributed by atoms with Crippen LogP contribution in [0.15, 0.2) is 60.1 Å². The molecule has 0 fully saturated rings. The number of nitrogens with one attached hydrogen (secondary N) is 1. The molecule has 3 N–H and O–H groups in total. The third kappa shape index (κ3) is 4.27. The predicted molar refractivity (Wildman–Crippen MR) is 98.3 cm³/mol. The van der Waals surface area contributed by atoms with Crippen molar-refractivity contribution in [3.05, 3.63) is 65.7 Å². The molecular formula is C17H17ClN6O. The molecule has 0 aliphatic carbocycles. The summed E-state index contributed by atoms with van der Waals surface area (Å²) in [5.74, 6) is 0.914. The van der Waals surface area contributed by atoms with E-state index in [1.807, 2.05) is 30.3 Å². The van der Waals surface area contributed by atoms with Gasteiger partial charge in [0.05, 0.1) is 24.4 Å². The Morgan fingerprint density at radius 2 is 2.08 bits per heavy atom. The number of ether oxygens (including phenoxy) is 1. The van der Waals surface area contributed by atoms with E-state index in [0.717, 1.165) is 16.9 Å². The summed E-state index contributed by atoms with van der Waals surface area (Å²) in [7, 11) is 1.57. The van der Waals surface area contributed by atoms with Crippen LogP contribution in [0.4, 0.5) is 5.69 Å². The molecule has 1 heterocycles. The first kappa shape index (κ1) is 16.8. The fourth-order valence-corrected chi connectivity index (χ4v) is 2.46. The minimum Gasteiger partial charge on any atom is -0.495 e. The fraction of sp³-hybridized carbons (Fsp3) is 0.118. The third-order valence-electron chi connectivity index (χ3n) is 3.48. The van der Waals surface area contributed by atoms with Crippen LogP contribution in [-0.2, 0) is 6.54 Å². The lowest BCUT2D eigenvalue weighted by Gasteiger charge is -2.08.